The van der Waals surface area contributed by atoms with Crippen LogP contribution in [0.2, 0.25) is 5.02 Å². The van der Waals surface area contributed by atoms with E-state index in [0.717, 1.165) is 10.4 Å². The number of nitro groups is 1. The molecule has 3 aromatic carbocycles. The largest absolute Gasteiger partial charge is 0.497 e. The summed E-state index contributed by atoms with van der Waals surface area (Å²) in [4.78, 5) is 39.0. The Balaban J connectivity index is 2.16. The van der Waals surface area contributed by atoms with E-state index in [9.17, 15) is 28.1 Å². The van der Waals surface area contributed by atoms with Crippen molar-refractivity contribution in [2.75, 3.05) is 31.6 Å². The predicted molar refractivity (Wildman–Crippen MR) is 167 cm³/mol. The molecule has 1 atom stereocenters. The van der Waals surface area contributed by atoms with Gasteiger partial charge in [-0.25, -0.2) is 8.42 Å². The number of rotatable bonds is 14. The average Bonchev–Trinajstić information content (AvgIpc) is 3.00. The van der Waals surface area contributed by atoms with E-state index in [4.69, 9.17) is 21.1 Å². The number of nitro benzene ring substituents is 1. The summed E-state index contributed by atoms with van der Waals surface area (Å²) in [6.07, 6.45) is 0.672. The van der Waals surface area contributed by atoms with Crippen LogP contribution in [0.15, 0.2) is 65.6 Å². The third kappa shape index (κ3) is 7.97. The highest BCUT2D eigenvalue weighted by Gasteiger charge is 2.35. The number of aryl methyl sites for hydroxylation is 1. The first-order valence-electron chi connectivity index (χ1n) is 13.6. The quantitative estimate of drug-likeness (QED) is 0.196. The number of benzene rings is 3. The van der Waals surface area contributed by atoms with Crippen molar-refractivity contribution in [2.45, 2.75) is 44.7 Å². The number of carbonyl (C=O) groups excluding carboxylic acids is 2. The molecule has 2 amide bonds. The van der Waals surface area contributed by atoms with Gasteiger partial charge in [-0.3, -0.25) is 24.0 Å². The molecule has 14 heteroatoms. The zero-order valence-electron chi connectivity index (χ0n) is 25.1. The van der Waals surface area contributed by atoms with Crippen molar-refractivity contribution >= 4 is 44.8 Å². The lowest BCUT2D eigenvalue weighted by Crippen LogP contribution is -2.51. The van der Waals surface area contributed by atoms with Crippen molar-refractivity contribution in [3.8, 4) is 11.5 Å². The molecule has 12 nitrogen and oxygen atoms in total. The van der Waals surface area contributed by atoms with Crippen LogP contribution in [-0.4, -0.2) is 63.4 Å². The van der Waals surface area contributed by atoms with Gasteiger partial charge in [0.1, 0.15) is 24.1 Å². The summed E-state index contributed by atoms with van der Waals surface area (Å²) in [6, 6.07) is 13.6. The second-order valence-corrected chi connectivity index (χ2v) is 12.2. The van der Waals surface area contributed by atoms with Crippen molar-refractivity contribution in [2.24, 2.45) is 0 Å². The number of sulfonamides is 1. The molecule has 0 bridgehead atoms. The van der Waals surface area contributed by atoms with Crippen LogP contribution in [-0.2, 0) is 26.2 Å². The number of nitrogens with zero attached hydrogens (tertiary/aromatic N) is 3. The van der Waals surface area contributed by atoms with Crippen LogP contribution in [0.5, 0.6) is 11.5 Å². The van der Waals surface area contributed by atoms with Gasteiger partial charge in [0.25, 0.3) is 15.7 Å². The Hall–Kier alpha value is -4.36. The minimum atomic E-state index is -4.63. The Morgan fingerprint density at radius 2 is 1.80 bits per heavy atom. The fraction of sp³-hybridized carbons (Fsp3) is 0.333. The lowest BCUT2D eigenvalue weighted by molar-refractivity contribution is -0.385. The van der Waals surface area contributed by atoms with Gasteiger partial charge in [0.05, 0.1) is 29.7 Å². The number of anilines is 1. The molecule has 0 unspecified atom stereocenters. The summed E-state index contributed by atoms with van der Waals surface area (Å²) in [5, 5.41) is 14.6. The Kier molecular flexibility index (Phi) is 11.5. The minimum Gasteiger partial charge on any atom is -0.497 e. The minimum absolute atomic E-state index is 0.0483. The highest BCUT2D eigenvalue weighted by Crippen LogP contribution is 2.36. The van der Waals surface area contributed by atoms with E-state index in [1.54, 1.807) is 31.2 Å². The van der Waals surface area contributed by atoms with Gasteiger partial charge in [-0.05, 0) is 62.2 Å². The predicted octanol–water partition coefficient (Wildman–Crippen LogP) is 4.71. The number of hydrogen-bond donors (Lipinski definition) is 1. The van der Waals surface area contributed by atoms with E-state index in [2.05, 4.69) is 5.32 Å². The number of amides is 2. The molecule has 44 heavy (non-hydrogen) atoms. The first-order chi connectivity index (χ1) is 20.8. The van der Waals surface area contributed by atoms with Gasteiger partial charge in [0.2, 0.25) is 11.8 Å². The van der Waals surface area contributed by atoms with Crippen molar-refractivity contribution < 1.29 is 32.4 Å². The van der Waals surface area contributed by atoms with E-state index >= 15 is 0 Å². The highest BCUT2D eigenvalue weighted by molar-refractivity contribution is 7.92. The summed E-state index contributed by atoms with van der Waals surface area (Å²) < 4.78 is 39.9. The molecule has 0 aliphatic rings. The summed E-state index contributed by atoms with van der Waals surface area (Å²) >= 11 is 6.25. The zero-order valence-corrected chi connectivity index (χ0v) is 26.6. The summed E-state index contributed by atoms with van der Waals surface area (Å²) in [6.45, 7) is 4.48. The summed E-state index contributed by atoms with van der Waals surface area (Å²) in [5.41, 5.74) is 0.419. The maximum Gasteiger partial charge on any atom is 0.273 e. The number of carbonyl (C=O) groups is 2. The fourth-order valence-electron chi connectivity index (χ4n) is 4.39. The van der Waals surface area contributed by atoms with Gasteiger partial charge in [0.15, 0.2) is 0 Å². The maximum absolute atomic E-state index is 14.2. The molecule has 0 saturated carbocycles. The Labute approximate surface area is 261 Å². The molecule has 0 aliphatic heterocycles. The smallest absolute Gasteiger partial charge is 0.273 e. The lowest BCUT2D eigenvalue weighted by atomic mass is 10.1. The fourth-order valence-corrected chi connectivity index (χ4v) is 5.99. The molecular formula is C30H35ClN4O8S. The van der Waals surface area contributed by atoms with Crippen molar-refractivity contribution in [1.82, 2.24) is 10.2 Å². The number of methoxy groups -OCH3 is 2. The molecule has 0 aliphatic carbocycles. The number of halogens is 1. The first-order valence-corrected chi connectivity index (χ1v) is 15.5. The number of nitrogens with one attached hydrogen (secondary N) is 1. The van der Waals surface area contributed by atoms with E-state index < -0.39 is 49.9 Å². The lowest BCUT2D eigenvalue weighted by Gasteiger charge is -2.32. The van der Waals surface area contributed by atoms with Gasteiger partial charge in [0, 0.05) is 29.7 Å². The normalized spacial score (nSPS) is 11.8. The zero-order chi connectivity index (χ0) is 32.6. The molecule has 3 aromatic rings. The summed E-state index contributed by atoms with van der Waals surface area (Å²) in [7, 11) is -1.80. The molecule has 0 fully saturated rings. The SMILES string of the molecule is CCCNC(=O)[C@H](C)N(Cc1cccc(OC)c1)C(=O)CN(c1cc(Cl)ccc1OC)S(=O)(=O)c1ccc(C)c([N+](=O)[O-])c1. The van der Waals surface area contributed by atoms with Gasteiger partial charge in [-0.1, -0.05) is 36.7 Å². The topological polar surface area (TPSA) is 148 Å². The van der Waals surface area contributed by atoms with Gasteiger partial charge in [-0.2, -0.15) is 0 Å². The Morgan fingerprint density at radius 3 is 2.43 bits per heavy atom. The van der Waals surface area contributed by atoms with Crippen LogP contribution in [0, 0.1) is 17.0 Å². The Bertz CT molecular complexity index is 1630. The van der Waals surface area contributed by atoms with Crippen LogP contribution in [0.25, 0.3) is 0 Å². The van der Waals surface area contributed by atoms with Crippen LogP contribution in [0.3, 0.4) is 0 Å². The van der Waals surface area contributed by atoms with Crippen LogP contribution >= 0.6 is 11.6 Å². The van der Waals surface area contributed by atoms with Gasteiger partial charge in [-0.15, -0.1) is 0 Å². The summed E-state index contributed by atoms with van der Waals surface area (Å²) in [5.74, 6) is -0.529. The van der Waals surface area contributed by atoms with Crippen LogP contribution in [0.1, 0.15) is 31.4 Å². The molecule has 236 valence electrons. The van der Waals surface area contributed by atoms with Gasteiger partial charge >= 0.3 is 0 Å². The molecule has 0 saturated heterocycles. The number of ether oxygens (including phenoxy) is 2. The van der Waals surface area contributed by atoms with Crippen LogP contribution in [0.4, 0.5) is 11.4 Å². The van der Waals surface area contributed by atoms with Gasteiger partial charge < -0.3 is 19.7 Å². The van der Waals surface area contributed by atoms with Crippen molar-refractivity contribution in [3.05, 3.63) is 86.9 Å². The average molecular weight is 647 g/mol. The van der Waals surface area contributed by atoms with Crippen molar-refractivity contribution in [1.29, 1.82) is 0 Å². The van der Waals surface area contributed by atoms with E-state index in [1.807, 2.05) is 6.92 Å². The van der Waals surface area contributed by atoms with Crippen molar-refractivity contribution in [3.63, 3.8) is 0 Å². The third-order valence-corrected chi connectivity index (χ3v) is 8.85. The number of hydrogen-bond acceptors (Lipinski definition) is 8. The Morgan fingerprint density at radius 1 is 1.07 bits per heavy atom. The molecule has 1 N–H and O–H groups in total. The second kappa shape index (κ2) is 14.9. The molecule has 0 aromatic heterocycles. The third-order valence-electron chi connectivity index (χ3n) is 6.86. The molecule has 0 radical (unpaired) electrons. The second-order valence-electron chi connectivity index (χ2n) is 9.87. The molecule has 0 heterocycles. The van der Waals surface area contributed by atoms with E-state index in [-0.39, 0.29) is 28.6 Å². The van der Waals surface area contributed by atoms with E-state index in [1.165, 1.54) is 56.4 Å². The molecular weight excluding hydrogens is 612 g/mol. The monoisotopic (exact) mass is 646 g/mol. The molecule has 3 rings (SSSR count). The van der Waals surface area contributed by atoms with Crippen LogP contribution < -0.4 is 19.1 Å². The highest BCUT2D eigenvalue weighted by atomic mass is 35.5. The first kappa shape index (κ1) is 34.1. The standard InChI is InChI=1S/C30H35ClN4O8S/c1-6-14-32-30(37)21(3)33(18-22-8-7-9-24(15-22)42-4)29(36)19-34(27-16-23(31)11-13-28(27)43-5)44(40,41)25-12-10-20(2)26(17-25)35(38)39/h7-13,15-17,21H,6,14,18-19H2,1-5H3,(H,32,37)/t21-/m0/s1. The maximum atomic E-state index is 14.2. The van der Waals surface area contributed by atoms with E-state index in [0.29, 0.717) is 24.3 Å². The molecule has 0 spiro atoms.